The molecular formula is C15H19N3O. The fourth-order valence-corrected chi connectivity index (χ4v) is 2.17. The van der Waals surface area contributed by atoms with Crippen molar-refractivity contribution in [2.24, 2.45) is 0 Å². The molecule has 4 nitrogen and oxygen atoms in total. The van der Waals surface area contributed by atoms with Crippen molar-refractivity contribution in [1.29, 1.82) is 0 Å². The minimum absolute atomic E-state index is 0.00453. The molecule has 1 aromatic carbocycles. The maximum atomic E-state index is 12.6. The van der Waals surface area contributed by atoms with E-state index >= 15 is 0 Å². The van der Waals surface area contributed by atoms with E-state index in [1.165, 1.54) is 5.56 Å². The van der Waals surface area contributed by atoms with Crippen molar-refractivity contribution in [3.05, 3.63) is 46.8 Å². The first kappa shape index (κ1) is 13.3. The molecule has 0 radical (unpaired) electrons. The van der Waals surface area contributed by atoms with Gasteiger partial charge in [0.1, 0.15) is 0 Å². The highest BCUT2D eigenvalue weighted by atomic mass is 16.2. The number of aromatic nitrogens is 2. The Hall–Kier alpha value is -2.10. The number of nitrogens with zero attached hydrogens (tertiary/aromatic N) is 2. The molecule has 0 spiro atoms. The molecular weight excluding hydrogens is 238 g/mol. The van der Waals surface area contributed by atoms with Gasteiger partial charge in [0.05, 0.1) is 11.3 Å². The van der Waals surface area contributed by atoms with E-state index < -0.39 is 0 Å². The number of carbonyl (C=O) groups excluding carboxylic acids is 1. The Balaban J connectivity index is 2.37. The largest absolute Gasteiger partial charge is 0.309 e. The van der Waals surface area contributed by atoms with Gasteiger partial charge in [0.25, 0.3) is 5.91 Å². The molecule has 0 aliphatic rings. The molecule has 1 amide bonds. The molecule has 0 saturated heterocycles. The van der Waals surface area contributed by atoms with Crippen molar-refractivity contribution in [1.82, 2.24) is 10.2 Å². The van der Waals surface area contributed by atoms with E-state index in [2.05, 4.69) is 10.2 Å². The van der Waals surface area contributed by atoms with Crippen LogP contribution in [0.5, 0.6) is 0 Å². The first-order valence-electron chi connectivity index (χ1n) is 6.44. The van der Waals surface area contributed by atoms with Gasteiger partial charge in [-0.25, -0.2) is 0 Å². The number of nitrogens with one attached hydrogen (secondary N) is 1. The van der Waals surface area contributed by atoms with Crippen molar-refractivity contribution in [2.45, 2.75) is 27.7 Å². The van der Waals surface area contributed by atoms with Crippen LogP contribution >= 0.6 is 0 Å². The van der Waals surface area contributed by atoms with Gasteiger partial charge in [0, 0.05) is 17.9 Å². The van der Waals surface area contributed by atoms with Crippen LogP contribution in [0, 0.1) is 20.8 Å². The van der Waals surface area contributed by atoms with Crippen LogP contribution in [0.4, 0.5) is 5.69 Å². The fraction of sp³-hybridized carbons (Fsp3) is 0.333. The maximum absolute atomic E-state index is 12.6. The van der Waals surface area contributed by atoms with Crippen LogP contribution < -0.4 is 4.90 Å². The zero-order valence-electron chi connectivity index (χ0n) is 11.8. The summed E-state index contributed by atoms with van der Waals surface area (Å²) < 4.78 is 0. The Morgan fingerprint density at radius 1 is 1.21 bits per heavy atom. The highest BCUT2D eigenvalue weighted by molar-refractivity contribution is 6.07. The summed E-state index contributed by atoms with van der Waals surface area (Å²) in [7, 11) is 0. The number of aromatic amines is 1. The van der Waals surface area contributed by atoms with E-state index in [1.807, 2.05) is 52.0 Å². The van der Waals surface area contributed by atoms with Crippen molar-refractivity contribution in [2.75, 3.05) is 11.4 Å². The molecule has 1 N–H and O–H groups in total. The minimum atomic E-state index is -0.00453. The Kier molecular flexibility index (Phi) is 3.69. The standard InChI is InChI=1S/C15H19N3O/c1-5-18(13-8-6-10(2)7-9-13)15(19)14-11(3)16-17-12(14)4/h6-9H,5H2,1-4H3,(H,16,17). The van der Waals surface area contributed by atoms with E-state index in [4.69, 9.17) is 0 Å². The van der Waals surface area contributed by atoms with Crippen molar-refractivity contribution >= 4 is 11.6 Å². The Morgan fingerprint density at radius 2 is 1.84 bits per heavy atom. The van der Waals surface area contributed by atoms with Gasteiger partial charge >= 0.3 is 0 Å². The van der Waals surface area contributed by atoms with E-state index in [-0.39, 0.29) is 5.91 Å². The first-order valence-corrected chi connectivity index (χ1v) is 6.44. The van der Waals surface area contributed by atoms with Crippen LogP contribution in [0.3, 0.4) is 0 Å². The summed E-state index contributed by atoms with van der Waals surface area (Å²) in [6, 6.07) is 7.98. The highest BCUT2D eigenvalue weighted by Gasteiger charge is 2.21. The van der Waals surface area contributed by atoms with Gasteiger partial charge < -0.3 is 4.90 Å². The van der Waals surface area contributed by atoms with Gasteiger partial charge in [0.2, 0.25) is 0 Å². The lowest BCUT2D eigenvalue weighted by atomic mass is 10.1. The Morgan fingerprint density at radius 3 is 2.32 bits per heavy atom. The summed E-state index contributed by atoms with van der Waals surface area (Å²) in [5.74, 6) is -0.00453. The van der Waals surface area contributed by atoms with Crippen LogP contribution in [0.1, 0.15) is 34.2 Å². The van der Waals surface area contributed by atoms with E-state index in [9.17, 15) is 4.79 Å². The Labute approximate surface area is 113 Å². The number of H-pyrrole nitrogens is 1. The predicted octanol–water partition coefficient (Wildman–Crippen LogP) is 3.00. The van der Waals surface area contributed by atoms with Crippen LogP contribution in [-0.2, 0) is 0 Å². The van der Waals surface area contributed by atoms with Gasteiger partial charge in [0.15, 0.2) is 0 Å². The van der Waals surface area contributed by atoms with Gasteiger partial charge in [-0.15, -0.1) is 0 Å². The van der Waals surface area contributed by atoms with E-state index in [0.29, 0.717) is 12.1 Å². The van der Waals surface area contributed by atoms with E-state index in [0.717, 1.165) is 17.1 Å². The molecule has 0 fully saturated rings. The van der Waals surface area contributed by atoms with Gasteiger partial charge in [-0.1, -0.05) is 17.7 Å². The second-order valence-corrected chi connectivity index (χ2v) is 4.69. The zero-order valence-corrected chi connectivity index (χ0v) is 11.8. The number of aryl methyl sites for hydroxylation is 3. The first-order chi connectivity index (χ1) is 9.04. The maximum Gasteiger partial charge on any atom is 0.261 e. The predicted molar refractivity (Wildman–Crippen MR) is 76.6 cm³/mol. The lowest BCUT2D eigenvalue weighted by Gasteiger charge is -2.21. The summed E-state index contributed by atoms with van der Waals surface area (Å²) in [6.07, 6.45) is 0. The van der Waals surface area contributed by atoms with Crippen LogP contribution in [0.15, 0.2) is 24.3 Å². The van der Waals surface area contributed by atoms with E-state index in [1.54, 1.807) is 4.90 Å². The number of benzene rings is 1. The third-order valence-electron chi connectivity index (χ3n) is 3.25. The molecule has 0 atom stereocenters. The van der Waals surface area contributed by atoms with Crippen molar-refractivity contribution < 1.29 is 4.79 Å². The average molecular weight is 257 g/mol. The number of hydrogen-bond donors (Lipinski definition) is 1. The van der Waals surface area contributed by atoms with Gasteiger partial charge in [-0.2, -0.15) is 5.10 Å². The third kappa shape index (κ3) is 2.52. The molecule has 0 unspecified atom stereocenters. The Bertz CT molecular complexity index is 564. The summed E-state index contributed by atoms with van der Waals surface area (Å²) in [5.41, 5.74) is 4.32. The molecule has 2 aromatic rings. The molecule has 0 aliphatic heterocycles. The van der Waals surface area contributed by atoms with Crippen LogP contribution in [-0.4, -0.2) is 22.6 Å². The van der Waals surface area contributed by atoms with Crippen LogP contribution in [0.2, 0.25) is 0 Å². The molecule has 0 bridgehead atoms. The number of carbonyl (C=O) groups is 1. The van der Waals surface area contributed by atoms with Gasteiger partial charge in [-0.3, -0.25) is 9.89 Å². The number of hydrogen-bond acceptors (Lipinski definition) is 2. The monoisotopic (exact) mass is 257 g/mol. The lowest BCUT2D eigenvalue weighted by molar-refractivity contribution is 0.0987. The highest BCUT2D eigenvalue weighted by Crippen LogP contribution is 2.20. The second-order valence-electron chi connectivity index (χ2n) is 4.69. The molecule has 0 aliphatic carbocycles. The number of amides is 1. The lowest BCUT2D eigenvalue weighted by Crippen LogP contribution is -2.31. The molecule has 0 saturated carbocycles. The molecule has 4 heteroatoms. The minimum Gasteiger partial charge on any atom is -0.309 e. The molecule has 100 valence electrons. The summed E-state index contributed by atoms with van der Waals surface area (Å²) in [5, 5.41) is 6.95. The molecule has 1 aromatic heterocycles. The molecule has 2 rings (SSSR count). The number of rotatable bonds is 3. The third-order valence-corrected chi connectivity index (χ3v) is 3.25. The molecule has 1 heterocycles. The topological polar surface area (TPSA) is 49.0 Å². The second kappa shape index (κ2) is 5.26. The zero-order chi connectivity index (χ0) is 14.0. The average Bonchev–Trinajstić information content (AvgIpc) is 2.72. The van der Waals surface area contributed by atoms with Gasteiger partial charge in [-0.05, 0) is 39.8 Å². The normalized spacial score (nSPS) is 10.5. The number of anilines is 1. The quantitative estimate of drug-likeness (QED) is 0.918. The smallest absolute Gasteiger partial charge is 0.261 e. The SMILES string of the molecule is CCN(C(=O)c1c(C)n[nH]c1C)c1ccc(C)cc1. The van der Waals surface area contributed by atoms with Crippen molar-refractivity contribution in [3.63, 3.8) is 0 Å². The molecule has 19 heavy (non-hydrogen) atoms. The summed E-state index contributed by atoms with van der Waals surface area (Å²) in [6.45, 7) is 8.36. The van der Waals surface area contributed by atoms with Crippen molar-refractivity contribution in [3.8, 4) is 0 Å². The van der Waals surface area contributed by atoms with Crippen LogP contribution in [0.25, 0.3) is 0 Å². The summed E-state index contributed by atoms with van der Waals surface area (Å²) in [4.78, 5) is 14.4. The summed E-state index contributed by atoms with van der Waals surface area (Å²) >= 11 is 0. The fourth-order valence-electron chi connectivity index (χ4n) is 2.17.